The molecule has 1 aliphatic rings. The van der Waals surface area contributed by atoms with E-state index < -0.39 is 34.0 Å². The average molecular weight is 365 g/mol. The van der Waals surface area contributed by atoms with Crippen molar-refractivity contribution in [1.29, 1.82) is 0 Å². The molecule has 2 amide bonds. The highest BCUT2D eigenvalue weighted by atomic mass is 35.5. The van der Waals surface area contributed by atoms with Crippen LogP contribution in [-0.2, 0) is 20.5 Å². The van der Waals surface area contributed by atoms with Gasteiger partial charge in [0.25, 0.3) is 0 Å². The van der Waals surface area contributed by atoms with Crippen LogP contribution >= 0.6 is 11.6 Å². The molecule has 0 saturated heterocycles. The summed E-state index contributed by atoms with van der Waals surface area (Å²) in [6, 6.07) is 3.06. The van der Waals surface area contributed by atoms with Crippen molar-refractivity contribution in [3.05, 3.63) is 28.8 Å². The number of ether oxygens (including phenoxy) is 1. The summed E-state index contributed by atoms with van der Waals surface area (Å²) in [7, 11) is 1.48. The molecule has 1 aliphatic carbocycles. The van der Waals surface area contributed by atoms with Crippen LogP contribution in [0.15, 0.2) is 18.2 Å². The molecule has 1 saturated carbocycles. The fraction of sp³-hybridized carbons (Fsp3) is 0.467. The van der Waals surface area contributed by atoms with Gasteiger partial charge in [0.15, 0.2) is 0 Å². The topological polar surface area (TPSA) is 67.4 Å². The van der Waals surface area contributed by atoms with E-state index in [4.69, 9.17) is 16.3 Å². The van der Waals surface area contributed by atoms with Gasteiger partial charge in [0.1, 0.15) is 5.41 Å². The first-order valence-corrected chi connectivity index (χ1v) is 7.54. The number of carbonyl (C=O) groups is 2. The molecule has 0 aliphatic heterocycles. The van der Waals surface area contributed by atoms with Crippen LogP contribution in [0.5, 0.6) is 0 Å². The first-order valence-electron chi connectivity index (χ1n) is 7.16. The third-order valence-electron chi connectivity index (χ3n) is 3.74. The minimum Gasteiger partial charge on any atom is -0.383 e. The molecule has 132 valence electrons. The van der Waals surface area contributed by atoms with Crippen LogP contribution in [0.4, 0.5) is 18.9 Å². The molecule has 5 nitrogen and oxygen atoms in total. The minimum absolute atomic E-state index is 0.0623. The lowest BCUT2D eigenvalue weighted by atomic mass is 10.0. The molecule has 2 N–H and O–H groups in total. The number of halogens is 4. The summed E-state index contributed by atoms with van der Waals surface area (Å²) in [5.74, 6) is -1.09. The van der Waals surface area contributed by atoms with E-state index in [1.54, 1.807) is 0 Å². The van der Waals surface area contributed by atoms with E-state index in [1.165, 1.54) is 13.2 Å². The predicted octanol–water partition coefficient (Wildman–Crippen LogP) is 2.84. The summed E-state index contributed by atoms with van der Waals surface area (Å²) in [5.41, 5.74) is -2.34. The molecule has 0 unspecified atom stereocenters. The van der Waals surface area contributed by atoms with Gasteiger partial charge in [-0.3, -0.25) is 9.59 Å². The highest BCUT2D eigenvalue weighted by Gasteiger charge is 2.56. The fourth-order valence-electron chi connectivity index (χ4n) is 2.19. The number of anilines is 1. The molecule has 0 aromatic heterocycles. The first-order chi connectivity index (χ1) is 11.2. The number of nitrogens with one attached hydrogen (secondary N) is 2. The van der Waals surface area contributed by atoms with Gasteiger partial charge in [-0.1, -0.05) is 11.6 Å². The van der Waals surface area contributed by atoms with Crippen molar-refractivity contribution in [1.82, 2.24) is 5.32 Å². The van der Waals surface area contributed by atoms with Gasteiger partial charge in [-0.25, -0.2) is 0 Å². The van der Waals surface area contributed by atoms with E-state index in [-0.39, 0.29) is 12.2 Å². The summed E-state index contributed by atoms with van der Waals surface area (Å²) in [5, 5.41) is 4.48. The van der Waals surface area contributed by atoms with Crippen LogP contribution in [0.2, 0.25) is 5.02 Å². The maximum Gasteiger partial charge on any atom is 0.417 e. The third kappa shape index (κ3) is 3.99. The van der Waals surface area contributed by atoms with Crippen LogP contribution in [0.25, 0.3) is 0 Å². The summed E-state index contributed by atoms with van der Waals surface area (Å²) < 4.78 is 43.3. The fourth-order valence-corrected chi connectivity index (χ4v) is 2.41. The van der Waals surface area contributed by atoms with E-state index in [2.05, 4.69) is 10.6 Å². The Kier molecular flexibility index (Phi) is 5.39. The van der Waals surface area contributed by atoms with Crippen molar-refractivity contribution in [2.24, 2.45) is 5.41 Å². The Morgan fingerprint density at radius 2 is 1.96 bits per heavy atom. The molecule has 24 heavy (non-hydrogen) atoms. The summed E-state index contributed by atoms with van der Waals surface area (Å²) in [4.78, 5) is 24.4. The second-order valence-corrected chi connectivity index (χ2v) is 5.88. The van der Waals surface area contributed by atoms with Gasteiger partial charge in [-0.15, -0.1) is 0 Å². The molecular formula is C15H16ClF3N2O3. The van der Waals surface area contributed by atoms with Crippen LogP contribution in [0.1, 0.15) is 18.4 Å². The maximum absolute atomic E-state index is 12.8. The lowest BCUT2D eigenvalue weighted by Gasteiger charge is -2.16. The van der Waals surface area contributed by atoms with E-state index in [9.17, 15) is 22.8 Å². The third-order valence-corrected chi connectivity index (χ3v) is 4.07. The SMILES string of the molecule is COCCNC(=O)C1(C(=O)Nc2ccc(Cl)c(C(F)(F)F)c2)CC1. The van der Waals surface area contributed by atoms with E-state index in [1.807, 2.05) is 0 Å². The maximum atomic E-state index is 12.8. The van der Waals surface area contributed by atoms with Crippen molar-refractivity contribution in [2.75, 3.05) is 25.6 Å². The highest BCUT2D eigenvalue weighted by Crippen LogP contribution is 2.47. The predicted molar refractivity (Wildman–Crippen MR) is 81.6 cm³/mol. The largest absolute Gasteiger partial charge is 0.417 e. The normalized spacial score (nSPS) is 15.7. The summed E-state index contributed by atoms with van der Waals surface area (Å²) in [6.07, 6.45) is -3.94. The van der Waals surface area contributed by atoms with E-state index in [0.29, 0.717) is 19.4 Å². The van der Waals surface area contributed by atoms with Gasteiger partial charge in [-0.2, -0.15) is 13.2 Å². The lowest BCUT2D eigenvalue weighted by molar-refractivity contribution is -0.138. The van der Waals surface area contributed by atoms with Crippen molar-refractivity contribution in [3.63, 3.8) is 0 Å². The van der Waals surface area contributed by atoms with Crippen molar-refractivity contribution >= 4 is 29.1 Å². The number of alkyl halides is 3. The summed E-state index contributed by atoms with van der Waals surface area (Å²) >= 11 is 5.53. The number of benzene rings is 1. The summed E-state index contributed by atoms with van der Waals surface area (Å²) in [6.45, 7) is 0.555. The van der Waals surface area contributed by atoms with Crippen LogP contribution in [0.3, 0.4) is 0 Å². The zero-order valence-corrected chi connectivity index (χ0v) is 13.6. The number of hydrogen-bond acceptors (Lipinski definition) is 3. The van der Waals surface area contributed by atoms with Gasteiger partial charge in [-0.05, 0) is 31.0 Å². The molecule has 0 heterocycles. The second-order valence-electron chi connectivity index (χ2n) is 5.48. The van der Waals surface area contributed by atoms with Crippen molar-refractivity contribution < 1.29 is 27.5 Å². The second kappa shape index (κ2) is 6.98. The molecule has 2 rings (SSSR count). The molecule has 0 bridgehead atoms. The molecule has 1 aromatic carbocycles. The molecule has 0 spiro atoms. The lowest BCUT2D eigenvalue weighted by Crippen LogP contribution is -2.41. The van der Waals surface area contributed by atoms with Crippen LogP contribution in [-0.4, -0.2) is 32.1 Å². The average Bonchev–Trinajstić information content (AvgIpc) is 3.30. The Labute approximate surface area is 141 Å². The number of methoxy groups -OCH3 is 1. The van der Waals surface area contributed by atoms with Gasteiger partial charge >= 0.3 is 6.18 Å². The van der Waals surface area contributed by atoms with Crippen LogP contribution in [0, 0.1) is 5.41 Å². The van der Waals surface area contributed by atoms with Crippen molar-refractivity contribution in [2.45, 2.75) is 19.0 Å². The van der Waals surface area contributed by atoms with E-state index >= 15 is 0 Å². The Hall–Kier alpha value is -1.80. The highest BCUT2D eigenvalue weighted by molar-refractivity contribution is 6.31. The number of hydrogen-bond donors (Lipinski definition) is 2. The monoisotopic (exact) mass is 364 g/mol. The Balaban J connectivity index is 2.08. The molecule has 0 radical (unpaired) electrons. The molecule has 0 atom stereocenters. The Morgan fingerprint density at radius 3 is 2.50 bits per heavy atom. The number of amides is 2. The Morgan fingerprint density at radius 1 is 1.29 bits per heavy atom. The van der Waals surface area contributed by atoms with Crippen molar-refractivity contribution in [3.8, 4) is 0 Å². The minimum atomic E-state index is -4.63. The zero-order valence-electron chi connectivity index (χ0n) is 12.8. The first kappa shape index (κ1) is 18.5. The standard InChI is InChI=1S/C15H16ClF3N2O3/c1-24-7-6-20-12(22)14(4-5-14)13(23)21-9-2-3-11(16)10(8-9)15(17,18)19/h2-3,8H,4-7H2,1H3,(H,20,22)(H,21,23). The molecule has 9 heteroatoms. The van der Waals surface area contributed by atoms with Crippen LogP contribution < -0.4 is 10.6 Å². The number of carbonyl (C=O) groups excluding carboxylic acids is 2. The quantitative estimate of drug-likeness (QED) is 0.602. The number of rotatable bonds is 6. The van der Waals surface area contributed by atoms with Gasteiger partial charge in [0, 0.05) is 19.3 Å². The zero-order chi connectivity index (χ0) is 18.0. The molecule has 1 aromatic rings. The Bertz CT molecular complexity index is 645. The van der Waals surface area contributed by atoms with Gasteiger partial charge in [0.2, 0.25) is 11.8 Å². The van der Waals surface area contributed by atoms with Gasteiger partial charge < -0.3 is 15.4 Å². The van der Waals surface area contributed by atoms with E-state index in [0.717, 1.165) is 12.1 Å². The smallest absolute Gasteiger partial charge is 0.383 e. The molecule has 1 fully saturated rings. The molecular weight excluding hydrogens is 349 g/mol. The van der Waals surface area contributed by atoms with Gasteiger partial charge in [0.05, 0.1) is 17.2 Å².